The molecule has 8 N–H and O–H groups in total. The first-order valence-electron chi connectivity index (χ1n) is 26.9. The van der Waals surface area contributed by atoms with Crippen LogP contribution in [0, 0.1) is 23.0 Å². The lowest BCUT2D eigenvalue weighted by atomic mass is 9.82. The molecule has 0 saturated heterocycles. The molecule has 3 aromatic rings. The molecule has 0 fully saturated rings. The number of nitrogens with one attached hydrogen (secondary N) is 5. The average molecular weight is 1110 g/mol. The van der Waals surface area contributed by atoms with E-state index in [4.69, 9.17) is 19.9 Å². The average Bonchev–Trinajstić information content (AvgIpc) is 3.92. The molecule has 0 radical (unpaired) electrons. The summed E-state index contributed by atoms with van der Waals surface area (Å²) in [4.78, 5) is 107. The normalized spacial score (nSPS) is 12.8. The summed E-state index contributed by atoms with van der Waals surface area (Å²) < 4.78 is 48.0. The van der Waals surface area contributed by atoms with Crippen LogP contribution in [0.5, 0.6) is 0 Å². The predicted octanol–water partition coefficient (Wildman–Crippen LogP) is 3.11. The molecule has 3 rings (SSSR count). The highest BCUT2D eigenvalue weighted by Crippen LogP contribution is 2.41. The molecule has 1 aromatic heterocycles. The number of hydrogen-bond donors (Lipinski definition) is 7. The zero-order valence-electron chi connectivity index (χ0n) is 46.8. The highest BCUT2D eigenvalue weighted by molar-refractivity contribution is 5.95. The van der Waals surface area contributed by atoms with Crippen LogP contribution in [0.1, 0.15) is 104 Å². The van der Waals surface area contributed by atoms with Crippen LogP contribution < -0.4 is 32.3 Å². The third-order valence-electron chi connectivity index (χ3n) is 12.8. The number of aliphatic hydroxyl groups is 1. The maximum atomic E-state index is 15.2. The van der Waals surface area contributed by atoms with E-state index in [2.05, 4.69) is 40.4 Å². The van der Waals surface area contributed by atoms with Crippen LogP contribution in [0.15, 0.2) is 60.8 Å². The number of amides is 8. The van der Waals surface area contributed by atoms with Crippen molar-refractivity contribution in [3.8, 4) is 11.1 Å². The molecule has 0 bridgehead atoms. The first kappa shape index (κ1) is 66.5. The van der Waals surface area contributed by atoms with Gasteiger partial charge < -0.3 is 66.0 Å². The molecule has 2 aromatic carbocycles. The van der Waals surface area contributed by atoms with Gasteiger partial charge in [0.15, 0.2) is 0 Å². The monoisotopic (exact) mass is 1110 g/mol. The van der Waals surface area contributed by atoms with Crippen LogP contribution in [0.3, 0.4) is 0 Å². The summed E-state index contributed by atoms with van der Waals surface area (Å²) in [6.45, 7) is 11.2. The fraction of sp³-hybridized carbons (Fsp3) is 0.571. The topological polar surface area (TPSA) is 282 Å². The molecule has 8 amide bonds. The van der Waals surface area contributed by atoms with Crippen molar-refractivity contribution in [3.05, 3.63) is 83.7 Å². The van der Waals surface area contributed by atoms with Gasteiger partial charge in [-0.25, -0.2) is 8.78 Å². The second-order valence-electron chi connectivity index (χ2n) is 20.2. The highest BCUT2D eigenvalue weighted by Gasteiger charge is 2.38. The lowest BCUT2D eigenvalue weighted by molar-refractivity contribution is -0.141. The predicted molar refractivity (Wildman–Crippen MR) is 291 cm³/mol. The first-order chi connectivity index (χ1) is 37.6. The van der Waals surface area contributed by atoms with Crippen LogP contribution >= 0.6 is 0 Å². The maximum absolute atomic E-state index is 15.2. The summed E-state index contributed by atoms with van der Waals surface area (Å²) in [6, 6.07) is 10.6. The van der Waals surface area contributed by atoms with Gasteiger partial charge in [-0.1, -0.05) is 78.3 Å². The van der Waals surface area contributed by atoms with E-state index in [0.29, 0.717) is 56.4 Å². The van der Waals surface area contributed by atoms with Crippen molar-refractivity contribution >= 4 is 47.3 Å². The number of hydrogen-bond acceptors (Lipinski definition) is 12. The number of benzene rings is 2. The number of aliphatic hydroxyl groups excluding tert-OH is 1. The lowest BCUT2D eigenvalue weighted by Crippen LogP contribution is -2.54. The molecule has 0 aliphatic rings. The van der Waals surface area contributed by atoms with E-state index in [1.54, 1.807) is 19.2 Å². The Morgan fingerprint density at radius 3 is 2.05 bits per heavy atom. The standard InChI is InChI=1S/C56H83F2N9O12/c1-8-22-65(55(76)45(32-47(59)69)64-49(71)20-24-77-26-28-79-29-27-78-25-21-61-48(70)18-15-38(3)9-2)36-51(73)62-33-50(72)63-44(54(75)60-7)19-23-67(52(74)37-68)53(56(4,5)6)46-30-40(42-31-41(57)16-17-43(42)58)35-66(46)34-39-13-11-10-12-14-39/h10-14,16-17,30-31,35,38,44-45,53,68H,8-9,15,18-29,32-34,36-37H2,1-7H3,(H2,59,69)(H,60,75)(H,61,70)(H,62,73)(H,63,72)(H,64,71)/t38?,44?,45-,53?/m0/s1. The SMILES string of the molecule is CCCN(CC(=O)NCC(=O)NC(CCN(C(=O)CO)C(c1cc(-c2cc(F)ccc2F)cn1Cc1ccccc1)C(C)(C)C)C(=O)NC)C(=O)[C@H](CC(N)=O)NC(=O)CCOCCOCCOCCNC(=O)CCC(C)CC. The summed E-state index contributed by atoms with van der Waals surface area (Å²) in [5.41, 5.74) is 6.38. The molecule has 0 saturated carbocycles. The molecule has 21 nitrogen and oxygen atoms in total. The van der Waals surface area contributed by atoms with Crippen LogP contribution in [0.2, 0.25) is 0 Å². The highest BCUT2D eigenvalue weighted by atomic mass is 19.1. The Labute approximate surface area is 462 Å². The van der Waals surface area contributed by atoms with Gasteiger partial charge in [-0.05, 0) is 60.4 Å². The van der Waals surface area contributed by atoms with Crippen molar-refractivity contribution in [1.29, 1.82) is 0 Å². The number of ether oxygens (including phenoxy) is 3. The van der Waals surface area contributed by atoms with Crippen molar-refractivity contribution in [2.75, 3.05) is 86.0 Å². The van der Waals surface area contributed by atoms with Crippen molar-refractivity contribution in [2.45, 2.75) is 111 Å². The van der Waals surface area contributed by atoms with Gasteiger partial charge in [0.25, 0.3) is 0 Å². The molecule has 4 atom stereocenters. The number of aromatic nitrogens is 1. The third-order valence-corrected chi connectivity index (χ3v) is 12.8. The first-order valence-corrected chi connectivity index (χ1v) is 26.9. The number of nitrogens with zero attached hydrogens (tertiary/aromatic N) is 3. The van der Waals surface area contributed by atoms with E-state index < -0.39 is 103 Å². The van der Waals surface area contributed by atoms with Crippen molar-refractivity contribution in [3.63, 3.8) is 0 Å². The quantitative estimate of drug-likeness (QED) is 0.0411. The number of carbonyl (C=O) groups excluding carboxylic acids is 8. The Balaban J connectivity index is 1.60. The number of nitrogens with two attached hydrogens (primary N) is 1. The van der Waals surface area contributed by atoms with Gasteiger partial charge in [-0.2, -0.15) is 0 Å². The summed E-state index contributed by atoms with van der Waals surface area (Å²) in [6.07, 6.45) is 3.49. The van der Waals surface area contributed by atoms with E-state index >= 15 is 4.39 Å². The fourth-order valence-corrected chi connectivity index (χ4v) is 8.53. The van der Waals surface area contributed by atoms with Gasteiger partial charge in [-0.15, -0.1) is 0 Å². The van der Waals surface area contributed by atoms with Gasteiger partial charge in [0.2, 0.25) is 47.3 Å². The molecule has 1 heterocycles. The Bertz CT molecular complexity index is 2440. The molecular weight excluding hydrogens is 1030 g/mol. The maximum Gasteiger partial charge on any atom is 0.248 e. The largest absolute Gasteiger partial charge is 0.387 e. The number of carbonyl (C=O) groups is 8. The van der Waals surface area contributed by atoms with Crippen molar-refractivity contribution in [2.24, 2.45) is 17.1 Å². The van der Waals surface area contributed by atoms with Gasteiger partial charge in [0.1, 0.15) is 30.3 Å². The molecular formula is C56H83F2N9O12. The molecule has 0 aliphatic heterocycles. The number of halogens is 2. The molecule has 3 unspecified atom stereocenters. The minimum atomic E-state index is -1.41. The van der Waals surface area contributed by atoms with Crippen molar-refractivity contribution < 1.29 is 66.5 Å². The van der Waals surface area contributed by atoms with E-state index in [-0.39, 0.29) is 63.8 Å². The van der Waals surface area contributed by atoms with Crippen LogP contribution in [0.4, 0.5) is 8.78 Å². The van der Waals surface area contributed by atoms with Crippen molar-refractivity contribution in [1.82, 2.24) is 41.0 Å². The van der Waals surface area contributed by atoms with E-state index in [1.807, 2.05) is 55.7 Å². The minimum absolute atomic E-state index is 0.00406. The van der Waals surface area contributed by atoms with Crippen LogP contribution in [-0.2, 0) is 59.1 Å². The van der Waals surface area contributed by atoms with Gasteiger partial charge >= 0.3 is 0 Å². The van der Waals surface area contributed by atoms with Gasteiger partial charge in [0.05, 0.1) is 65.2 Å². The summed E-state index contributed by atoms with van der Waals surface area (Å²) in [5.74, 6) is -6.02. The summed E-state index contributed by atoms with van der Waals surface area (Å²) in [7, 11) is 1.35. The van der Waals surface area contributed by atoms with E-state index in [0.717, 1.165) is 41.5 Å². The molecule has 79 heavy (non-hydrogen) atoms. The Morgan fingerprint density at radius 1 is 0.772 bits per heavy atom. The Morgan fingerprint density at radius 2 is 1.43 bits per heavy atom. The minimum Gasteiger partial charge on any atom is -0.387 e. The van der Waals surface area contributed by atoms with E-state index in [1.165, 1.54) is 11.9 Å². The fourth-order valence-electron chi connectivity index (χ4n) is 8.53. The van der Waals surface area contributed by atoms with Crippen LogP contribution in [0.25, 0.3) is 11.1 Å². The molecule has 438 valence electrons. The molecule has 0 aliphatic carbocycles. The summed E-state index contributed by atoms with van der Waals surface area (Å²) in [5, 5.41) is 23.1. The Hall–Kier alpha value is -6.82. The smallest absolute Gasteiger partial charge is 0.248 e. The van der Waals surface area contributed by atoms with Crippen LogP contribution in [-0.4, -0.2) is 165 Å². The zero-order chi connectivity index (χ0) is 58.5. The lowest BCUT2D eigenvalue weighted by Gasteiger charge is -2.41. The number of rotatable bonds is 37. The zero-order valence-corrected chi connectivity index (χ0v) is 46.8. The molecule has 23 heteroatoms. The number of primary amides is 1. The summed E-state index contributed by atoms with van der Waals surface area (Å²) >= 11 is 0. The second-order valence-corrected chi connectivity index (χ2v) is 20.2. The Kier molecular flexibility index (Phi) is 29.4. The van der Waals surface area contributed by atoms with Gasteiger partial charge in [0, 0.05) is 69.1 Å². The van der Waals surface area contributed by atoms with Gasteiger partial charge in [-0.3, -0.25) is 38.4 Å². The van der Waals surface area contributed by atoms with E-state index in [9.17, 15) is 47.9 Å². The molecule has 0 spiro atoms. The number of likely N-dealkylation sites (N-methyl/N-ethyl adjacent to an activating group) is 1. The third kappa shape index (κ3) is 24.0. The second kappa shape index (κ2) is 34.9.